The normalized spacial score (nSPS) is 12.2. The Morgan fingerprint density at radius 1 is 1.25 bits per heavy atom. The Hall–Kier alpha value is -3.21. The fourth-order valence-corrected chi connectivity index (χ4v) is 2.75. The second kappa shape index (κ2) is 10.2. The molecule has 2 aromatic carbocycles. The molecular formula is C21H24N4O3. The number of hydrogen-bond acceptors (Lipinski definition) is 6. The highest BCUT2D eigenvalue weighted by Crippen LogP contribution is 2.23. The van der Waals surface area contributed by atoms with Crippen molar-refractivity contribution in [1.82, 2.24) is 10.8 Å². The molecule has 1 amide bonds. The average Bonchev–Trinajstić information content (AvgIpc) is 2.72. The van der Waals surface area contributed by atoms with Crippen molar-refractivity contribution in [3.63, 3.8) is 0 Å². The van der Waals surface area contributed by atoms with E-state index in [1.54, 1.807) is 19.2 Å². The van der Waals surface area contributed by atoms with Gasteiger partial charge in [0.25, 0.3) is 0 Å². The highest BCUT2D eigenvalue weighted by molar-refractivity contribution is 5.98. The van der Waals surface area contributed by atoms with Crippen LogP contribution in [0.3, 0.4) is 0 Å². The number of aryl methyl sites for hydroxylation is 1. The number of carbonyl (C=O) groups is 1. The summed E-state index contributed by atoms with van der Waals surface area (Å²) < 4.78 is 0. The van der Waals surface area contributed by atoms with Crippen molar-refractivity contribution in [2.24, 2.45) is 5.16 Å². The Balaban J connectivity index is 2.21. The van der Waals surface area contributed by atoms with E-state index >= 15 is 0 Å². The minimum absolute atomic E-state index is 0.203. The van der Waals surface area contributed by atoms with Gasteiger partial charge in [-0.2, -0.15) is 10.7 Å². The van der Waals surface area contributed by atoms with E-state index in [1.807, 2.05) is 44.2 Å². The third kappa shape index (κ3) is 5.16. The molecule has 1 unspecified atom stereocenters. The molecule has 0 aliphatic carbocycles. The number of nitrogens with one attached hydrogen (secondary N) is 2. The lowest BCUT2D eigenvalue weighted by Gasteiger charge is -2.20. The lowest BCUT2D eigenvalue weighted by atomic mass is 9.96. The number of carbonyl (C=O) groups excluding carboxylic acids is 1. The topological polar surface area (TPSA) is 95.7 Å². The van der Waals surface area contributed by atoms with Crippen LogP contribution in [0.2, 0.25) is 0 Å². The van der Waals surface area contributed by atoms with E-state index in [4.69, 9.17) is 14.9 Å². The Labute approximate surface area is 164 Å². The van der Waals surface area contributed by atoms with Crippen LogP contribution in [-0.4, -0.2) is 25.8 Å². The zero-order chi connectivity index (χ0) is 20.5. The van der Waals surface area contributed by atoms with E-state index < -0.39 is 6.04 Å². The van der Waals surface area contributed by atoms with Gasteiger partial charge in [-0.25, -0.2) is 0 Å². The van der Waals surface area contributed by atoms with Gasteiger partial charge in [-0.05, 0) is 42.7 Å². The number of nitriles is 1. The third-order valence-corrected chi connectivity index (χ3v) is 4.34. The predicted octanol–water partition coefficient (Wildman–Crippen LogP) is 2.75. The summed E-state index contributed by atoms with van der Waals surface area (Å²) in [6.07, 6.45) is 0. The SMILES string of the molecule is CNC(=O)C(NOC)c1cccc(C)c1CO/N=C(\C)c1ccc(C#N)cc1. The van der Waals surface area contributed by atoms with Gasteiger partial charge in [-0.1, -0.05) is 35.5 Å². The first kappa shape index (κ1) is 21.1. The monoisotopic (exact) mass is 380 g/mol. The van der Waals surface area contributed by atoms with Gasteiger partial charge in [0.2, 0.25) is 5.91 Å². The molecule has 7 heteroatoms. The number of likely N-dealkylation sites (N-methyl/N-ethyl adjacent to an activating group) is 1. The fourth-order valence-electron chi connectivity index (χ4n) is 2.75. The number of hydroxylamine groups is 1. The maximum Gasteiger partial charge on any atom is 0.243 e. The highest BCUT2D eigenvalue weighted by Gasteiger charge is 2.23. The summed E-state index contributed by atoms with van der Waals surface area (Å²) in [4.78, 5) is 22.8. The summed E-state index contributed by atoms with van der Waals surface area (Å²) in [6.45, 7) is 3.99. The molecule has 146 valence electrons. The number of benzene rings is 2. The molecule has 1 atom stereocenters. The second-order valence-electron chi connectivity index (χ2n) is 6.15. The second-order valence-corrected chi connectivity index (χ2v) is 6.15. The van der Waals surface area contributed by atoms with Crippen molar-refractivity contribution in [3.8, 4) is 6.07 Å². The van der Waals surface area contributed by atoms with Gasteiger partial charge in [-0.3, -0.25) is 4.79 Å². The maximum absolute atomic E-state index is 12.2. The molecule has 7 nitrogen and oxygen atoms in total. The molecule has 0 radical (unpaired) electrons. The fraction of sp³-hybridized carbons (Fsp3) is 0.286. The van der Waals surface area contributed by atoms with Gasteiger partial charge >= 0.3 is 0 Å². The molecule has 0 bridgehead atoms. The molecule has 0 heterocycles. The van der Waals surface area contributed by atoms with Gasteiger partial charge < -0.3 is 15.0 Å². The van der Waals surface area contributed by atoms with Crippen LogP contribution in [0.15, 0.2) is 47.6 Å². The van der Waals surface area contributed by atoms with Crippen molar-refractivity contribution in [2.45, 2.75) is 26.5 Å². The lowest BCUT2D eigenvalue weighted by Crippen LogP contribution is -2.36. The molecule has 0 spiro atoms. The first-order valence-electron chi connectivity index (χ1n) is 8.77. The summed E-state index contributed by atoms with van der Waals surface area (Å²) >= 11 is 0. The van der Waals surface area contributed by atoms with Crippen LogP contribution in [0.1, 0.15) is 40.8 Å². The molecule has 2 rings (SSSR count). The van der Waals surface area contributed by atoms with Crippen LogP contribution in [0.4, 0.5) is 0 Å². The summed E-state index contributed by atoms with van der Waals surface area (Å²) in [5, 5.41) is 15.7. The van der Waals surface area contributed by atoms with E-state index in [1.165, 1.54) is 7.11 Å². The number of amides is 1. The first-order chi connectivity index (χ1) is 13.5. The first-order valence-corrected chi connectivity index (χ1v) is 8.77. The van der Waals surface area contributed by atoms with Crippen LogP contribution >= 0.6 is 0 Å². The Bertz CT molecular complexity index is 886. The van der Waals surface area contributed by atoms with E-state index in [-0.39, 0.29) is 12.5 Å². The third-order valence-electron chi connectivity index (χ3n) is 4.34. The molecule has 2 N–H and O–H groups in total. The minimum atomic E-state index is -0.669. The number of nitrogens with zero attached hydrogens (tertiary/aromatic N) is 2. The van der Waals surface area contributed by atoms with Crippen LogP contribution in [-0.2, 0) is 21.1 Å². The van der Waals surface area contributed by atoms with Crippen LogP contribution in [0, 0.1) is 18.3 Å². The van der Waals surface area contributed by atoms with Gasteiger partial charge in [0, 0.05) is 12.6 Å². The number of rotatable bonds is 8. The molecule has 0 saturated carbocycles. The molecule has 28 heavy (non-hydrogen) atoms. The number of hydrogen-bond donors (Lipinski definition) is 2. The molecule has 0 saturated heterocycles. The summed E-state index contributed by atoms with van der Waals surface area (Å²) in [5.41, 5.74) is 7.47. The minimum Gasteiger partial charge on any atom is -0.391 e. The van der Waals surface area contributed by atoms with Crippen molar-refractivity contribution >= 4 is 11.6 Å². The van der Waals surface area contributed by atoms with E-state index in [0.29, 0.717) is 11.3 Å². The zero-order valence-corrected chi connectivity index (χ0v) is 16.4. The number of oxime groups is 1. The van der Waals surface area contributed by atoms with Crippen molar-refractivity contribution in [1.29, 1.82) is 5.26 Å². The molecule has 0 fully saturated rings. The molecule has 0 aromatic heterocycles. The standard InChI is InChI=1S/C21H24N4O3/c1-14-6-5-7-18(20(25-27-4)21(26)23-3)19(14)13-28-24-15(2)17-10-8-16(12-22)9-11-17/h5-11,20,25H,13H2,1-4H3,(H,23,26)/b24-15+. The largest absolute Gasteiger partial charge is 0.391 e. The predicted molar refractivity (Wildman–Crippen MR) is 106 cm³/mol. The molecule has 0 aliphatic heterocycles. The van der Waals surface area contributed by atoms with Crippen molar-refractivity contribution in [3.05, 3.63) is 70.3 Å². The van der Waals surface area contributed by atoms with E-state index in [0.717, 1.165) is 22.3 Å². The highest BCUT2D eigenvalue weighted by atomic mass is 16.6. The van der Waals surface area contributed by atoms with Gasteiger partial charge in [0.05, 0.1) is 24.5 Å². The summed E-state index contributed by atoms with van der Waals surface area (Å²) in [7, 11) is 3.04. The van der Waals surface area contributed by atoms with E-state index in [2.05, 4.69) is 22.0 Å². The van der Waals surface area contributed by atoms with Crippen LogP contribution in [0.5, 0.6) is 0 Å². The molecular weight excluding hydrogens is 356 g/mol. The maximum atomic E-state index is 12.2. The summed E-state index contributed by atoms with van der Waals surface area (Å²) in [5.74, 6) is -0.217. The quantitative estimate of drug-likeness (QED) is 0.542. The average molecular weight is 380 g/mol. The van der Waals surface area contributed by atoms with Gasteiger partial charge in [-0.15, -0.1) is 0 Å². The lowest BCUT2D eigenvalue weighted by molar-refractivity contribution is -0.126. The Morgan fingerprint density at radius 3 is 2.57 bits per heavy atom. The van der Waals surface area contributed by atoms with E-state index in [9.17, 15) is 4.79 Å². The Morgan fingerprint density at radius 2 is 1.96 bits per heavy atom. The van der Waals surface area contributed by atoms with Gasteiger partial charge in [0.15, 0.2) is 0 Å². The van der Waals surface area contributed by atoms with Gasteiger partial charge in [0.1, 0.15) is 12.6 Å². The summed E-state index contributed by atoms with van der Waals surface area (Å²) in [6, 6.07) is 14.2. The van der Waals surface area contributed by atoms with Crippen LogP contribution < -0.4 is 10.8 Å². The van der Waals surface area contributed by atoms with Crippen molar-refractivity contribution < 1.29 is 14.5 Å². The molecule has 0 aliphatic rings. The van der Waals surface area contributed by atoms with Crippen molar-refractivity contribution in [2.75, 3.05) is 14.2 Å². The molecule has 2 aromatic rings. The Kier molecular flexibility index (Phi) is 7.69. The van der Waals surface area contributed by atoms with Crippen LogP contribution in [0.25, 0.3) is 0 Å². The zero-order valence-electron chi connectivity index (χ0n) is 16.4. The smallest absolute Gasteiger partial charge is 0.243 e.